The summed E-state index contributed by atoms with van der Waals surface area (Å²) in [5.74, 6) is 0.736. The molecule has 11 heteroatoms. The van der Waals surface area contributed by atoms with Gasteiger partial charge in [-0.2, -0.15) is 10.2 Å². The number of rotatable bonds is 4. The largest absolute Gasteiger partial charge is 0.464 e. The number of ether oxygens (including phenoxy) is 1. The van der Waals surface area contributed by atoms with Crippen LogP contribution in [0.25, 0.3) is 11.3 Å². The molecule has 0 aliphatic heterocycles. The summed E-state index contributed by atoms with van der Waals surface area (Å²) in [4.78, 5) is 47.9. The molecule has 8 aliphatic carbocycles. The van der Waals surface area contributed by atoms with Gasteiger partial charge < -0.3 is 9.84 Å². The van der Waals surface area contributed by atoms with E-state index in [-0.39, 0.29) is 67.6 Å². The van der Waals surface area contributed by atoms with Gasteiger partial charge in [-0.3, -0.25) is 14.4 Å². The predicted molar refractivity (Wildman–Crippen MR) is 263 cm³/mol. The average molecular weight is 935 g/mol. The van der Waals surface area contributed by atoms with Crippen LogP contribution in [0.15, 0.2) is 29.1 Å². The number of halogens is 1. The molecule has 10 atom stereocenters. The van der Waals surface area contributed by atoms with Gasteiger partial charge in [0.25, 0.3) is 5.56 Å². The van der Waals surface area contributed by atoms with Crippen LogP contribution in [0.3, 0.4) is 0 Å². The second-order valence-corrected chi connectivity index (χ2v) is 25.5. The maximum absolute atomic E-state index is 14.2. The Bertz CT molecular complexity index is 2650. The number of esters is 1. The van der Waals surface area contributed by atoms with E-state index in [4.69, 9.17) is 4.74 Å². The maximum Gasteiger partial charge on any atom is 0.338 e. The lowest BCUT2D eigenvalue weighted by atomic mass is 9.70. The van der Waals surface area contributed by atoms with Crippen molar-refractivity contribution in [2.24, 2.45) is 50.2 Å². The van der Waals surface area contributed by atoms with Crippen LogP contribution in [0.5, 0.6) is 0 Å². The van der Waals surface area contributed by atoms with Crippen molar-refractivity contribution in [3.8, 4) is 11.3 Å². The van der Waals surface area contributed by atoms with Crippen molar-refractivity contribution < 1.29 is 28.6 Å². The van der Waals surface area contributed by atoms with Crippen LogP contribution in [0, 0.1) is 69.9 Å². The van der Waals surface area contributed by atoms with Crippen LogP contribution in [-0.4, -0.2) is 55.2 Å². The maximum atomic E-state index is 14.2. The number of Topliss-reactive ketones (excluding diaryl/α,β-unsaturated/α-hetero) is 2. The van der Waals surface area contributed by atoms with E-state index >= 15 is 0 Å². The normalized spacial score (nSPS) is 35.6. The molecule has 6 fully saturated rings. The van der Waals surface area contributed by atoms with Crippen molar-refractivity contribution in [2.45, 2.75) is 197 Å². The molecule has 3 aromatic rings. The number of carbonyl (C=O) groups excluding carboxylic acids is 3. The zero-order valence-electron chi connectivity index (χ0n) is 44.0. The highest BCUT2D eigenvalue weighted by Crippen LogP contribution is 2.70. The van der Waals surface area contributed by atoms with Crippen molar-refractivity contribution in [3.63, 3.8) is 0 Å². The minimum absolute atomic E-state index is 0.0202. The van der Waals surface area contributed by atoms with E-state index in [1.165, 1.54) is 56.2 Å². The fourth-order valence-corrected chi connectivity index (χ4v) is 15.6. The third kappa shape index (κ3) is 6.50. The first-order valence-electron chi connectivity index (χ1n) is 25.6. The monoisotopic (exact) mass is 935 g/mol. The Morgan fingerprint density at radius 2 is 1.28 bits per heavy atom. The number of aromatic amines is 1. The predicted octanol–water partition coefficient (Wildman–Crippen LogP) is 11.4. The van der Waals surface area contributed by atoms with Crippen molar-refractivity contribution >= 4 is 17.5 Å². The number of aliphatic hydroxyl groups is 1. The summed E-state index contributed by atoms with van der Waals surface area (Å²) in [5, 5.41) is 26.5. The molecule has 6 saturated carbocycles. The number of H-pyrrole nitrogens is 1. The highest BCUT2D eigenvalue weighted by Gasteiger charge is 2.71. The Morgan fingerprint density at radius 3 is 1.76 bits per heavy atom. The molecule has 0 amide bonds. The highest BCUT2D eigenvalue weighted by atomic mass is 19.1. The van der Waals surface area contributed by atoms with Crippen molar-refractivity contribution in [2.75, 3.05) is 6.61 Å². The van der Waals surface area contributed by atoms with Gasteiger partial charge in [0.1, 0.15) is 17.4 Å². The average Bonchev–Trinajstić information content (AvgIpc) is 4.00. The lowest BCUT2D eigenvalue weighted by molar-refractivity contribution is -0.174. The van der Waals surface area contributed by atoms with Gasteiger partial charge in [0.15, 0.2) is 5.60 Å². The Hall–Kier alpha value is -4.12. The number of nitrogens with one attached hydrogen (secondary N) is 1. The number of nitrogens with zero attached hydrogens (tertiary/aromatic N) is 3. The number of benzene rings is 1. The van der Waals surface area contributed by atoms with Gasteiger partial charge >= 0.3 is 5.97 Å². The van der Waals surface area contributed by atoms with Crippen LogP contribution in [0.2, 0.25) is 0 Å². The summed E-state index contributed by atoms with van der Waals surface area (Å²) in [6.45, 7) is 34.1. The van der Waals surface area contributed by atoms with Crippen LogP contribution in [-0.2, 0) is 30.0 Å². The minimum atomic E-state index is -1.72. The Kier molecular flexibility index (Phi) is 11.8. The summed E-state index contributed by atoms with van der Waals surface area (Å²) in [6, 6.07) is 6.84. The summed E-state index contributed by atoms with van der Waals surface area (Å²) in [7, 11) is 0. The summed E-state index contributed by atoms with van der Waals surface area (Å²) in [6.07, 6.45) is 9.74. The SMILES string of the molecule is CC1(C)[C@@H]2CC[C@@]1(C)C(=O)C2.CCOC(=O)C(C)(O)C1C(=O)[C@]2(C)CC[C@H]1C2(C)C.Cc1c(-c2ccccc2F)nnc2c1[C@H]1CC[C@]2(C)C1(C)C.Cc1c2c(n[nH]c1=O)[C@]1(C)CC[C@H]2C1(C)C. The van der Waals surface area contributed by atoms with Crippen molar-refractivity contribution in [1.29, 1.82) is 0 Å². The van der Waals surface area contributed by atoms with Crippen molar-refractivity contribution in [3.05, 3.63) is 74.1 Å². The molecule has 8 bridgehead atoms. The van der Waals surface area contributed by atoms with Crippen LogP contribution in [0.1, 0.15) is 200 Å². The van der Waals surface area contributed by atoms with E-state index in [2.05, 4.69) is 103 Å². The standard InChI is InChI=1S/C19H21FN2.C15H24O4.C13H18N2O.C10H16O/c1-11-15-13-9-10-19(4,18(13,2)3)17(15)22-21-16(11)12-7-5-6-8-14(12)20;1-6-19-12(17)15(5,18)10-9-7-8-14(4,11(10)16)13(9,2)3;1-7-9-8-5-6-13(4,12(8,2)3)10(9)14-15-11(7)16;1-9(2)7-4-5-10(9,3)8(11)6-7/h5-8,13H,9-10H2,1-4H3;9-10,18H,6-8H2,1-5H3;8H,5-6H2,1-4H3,(H,15,16);7H,4-6H2,1-3H3/t13-,19+;9-,10?,14+,15?;8-,13+;7-,10+/m1111/s1. The first-order valence-corrected chi connectivity index (χ1v) is 25.6. The van der Waals surface area contributed by atoms with Crippen molar-refractivity contribution in [1.82, 2.24) is 20.4 Å². The van der Waals surface area contributed by atoms with E-state index in [1.54, 1.807) is 19.1 Å². The molecular formula is C57H79FN4O6. The topological polar surface area (TPSA) is 152 Å². The number of hydrogen-bond donors (Lipinski definition) is 2. The fraction of sp³-hybridized carbons (Fsp3) is 0.702. The molecule has 2 N–H and O–H groups in total. The molecule has 68 heavy (non-hydrogen) atoms. The first-order chi connectivity index (χ1) is 31.4. The highest BCUT2D eigenvalue weighted by molar-refractivity contribution is 5.97. The van der Waals surface area contributed by atoms with Crippen LogP contribution in [0.4, 0.5) is 4.39 Å². The molecule has 11 rings (SSSR count). The molecule has 8 aliphatic rings. The quantitative estimate of drug-likeness (QED) is 0.244. The Balaban J connectivity index is 0.000000126. The van der Waals surface area contributed by atoms with Gasteiger partial charge in [0, 0.05) is 39.2 Å². The fourth-order valence-electron chi connectivity index (χ4n) is 15.6. The molecule has 0 spiro atoms. The molecule has 0 radical (unpaired) electrons. The van der Waals surface area contributed by atoms with Gasteiger partial charge in [-0.25, -0.2) is 14.3 Å². The van der Waals surface area contributed by atoms with Gasteiger partial charge in [-0.15, -0.1) is 5.10 Å². The van der Waals surface area contributed by atoms with Crippen LogP contribution < -0.4 is 5.56 Å². The van der Waals surface area contributed by atoms with E-state index in [0.717, 1.165) is 48.2 Å². The second-order valence-electron chi connectivity index (χ2n) is 25.5. The van der Waals surface area contributed by atoms with E-state index in [0.29, 0.717) is 34.8 Å². The number of aromatic nitrogens is 4. The van der Waals surface area contributed by atoms with Gasteiger partial charge in [0.05, 0.1) is 29.6 Å². The zero-order valence-corrected chi connectivity index (χ0v) is 44.0. The second kappa shape index (κ2) is 15.9. The molecule has 1 aromatic carbocycles. The van der Waals surface area contributed by atoms with E-state index < -0.39 is 22.9 Å². The molecule has 2 unspecified atom stereocenters. The smallest absolute Gasteiger partial charge is 0.338 e. The summed E-state index contributed by atoms with van der Waals surface area (Å²) in [5.41, 5.74) is 6.72. The first kappa shape index (κ1) is 50.3. The summed E-state index contributed by atoms with van der Waals surface area (Å²) >= 11 is 0. The number of carbonyl (C=O) groups is 3. The molecule has 2 aromatic heterocycles. The Morgan fingerprint density at radius 1 is 0.735 bits per heavy atom. The molecule has 0 saturated heterocycles. The molecule has 2 heterocycles. The summed E-state index contributed by atoms with van der Waals surface area (Å²) < 4.78 is 19.1. The van der Waals surface area contributed by atoms with Gasteiger partial charge in [-0.05, 0) is 153 Å². The van der Waals surface area contributed by atoms with Gasteiger partial charge in [0.2, 0.25) is 0 Å². The van der Waals surface area contributed by atoms with Crippen LogP contribution >= 0.6 is 0 Å². The lowest BCUT2D eigenvalue weighted by Crippen LogP contribution is -2.51. The lowest BCUT2D eigenvalue weighted by Gasteiger charge is -2.34. The number of ketones is 2. The third-order valence-corrected chi connectivity index (χ3v) is 22.2. The zero-order chi connectivity index (χ0) is 50.3. The minimum Gasteiger partial charge on any atom is -0.464 e. The number of fused-ring (bicyclic) bond motifs is 14. The van der Waals surface area contributed by atoms with Gasteiger partial charge in [-0.1, -0.05) is 95.2 Å². The Labute approximate surface area is 404 Å². The third-order valence-electron chi connectivity index (χ3n) is 22.2. The molecule has 370 valence electrons. The van der Waals surface area contributed by atoms with E-state index in [9.17, 15) is 28.7 Å². The molecule has 10 nitrogen and oxygen atoms in total. The molecular weight excluding hydrogens is 856 g/mol. The van der Waals surface area contributed by atoms with E-state index in [1.807, 2.05) is 19.9 Å². The number of hydrogen-bond acceptors (Lipinski definition) is 9.